The van der Waals surface area contributed by atoms with E-state index in [4.69, 9.17) is 11.5 Å². The van der Waals surface area contributed by atoms with Crippen LogP contribution in [0.25, 0.3) is 0 Å². The molecule has 100 valence electrons. The summed E-state index contributed by atoms with van der Waals surface area (Å²) in [6, 6.07) is 8.66. The van der Waals surface area contributed by atoms with Crippen molar-refractivity contribution < 1.29 is 8.42 Å². The zero-order valence-corrected chi connectivity index (χ0v) is 11.2. The minimum absolute atomic E-state index is 0.0106. The first-order valence-electron chi connectivity index (χ1n) is 6.24. The van der Waals surface area contributed by atoms with Gasteiger partial charge >= 0.3 is 0 Å². The molecule has 0 amide bonds. The molecule has 0 aliphatic heterocycles. The molecular formula is C13H20N2O2S. The number of benzene rings is 1. The van der Waals surface area contributed by atoms with Crippen LogP contribution in [0.15, 0.2) is 35.2 Å². The van der Waals surface area contributed by atoms with Crippen LogP contribution >= 0.6 is 0 Å². The van der Waals surface area contributed by atoms with Crippen LogP contribution in [0.1, 0.15) is 25.7 Å². The lowest BCUT2D eigenvalue weighted by Crippen LogP contribution is -2.50. The Morgan fingerprint density at radius 1 is 1.17 bits per heavy atom. The van der Waals surface area contributed by atoms with Crippen molar-refractivity contribution in [3.8, 4) is 0 Å². The molecule has 0 heterocycles. The molecule has 18 heavy (non-hydrogen) atoms. The lowest BCUT2D eigenvalue weighted by molar-refractivity contribution is 0.297. The maximum atomic E-state index is 12.3. The first-order valence-corrected chi connectivity index (χ1v) is 7.89. The van der Waals surface area contributed by atoms with E-state index in [0.717, 1.165) is 12.8 Å². The molecule has 0 atom stereocenters. The molecule has 1 saturated carbocycles. The summed E-state index contributed by atoms with van der Waals surface area (Å²) in [5.74, 6) is 0.0106. The second-order valence-corrected chi connectivity index (χ2v) is 7.26. The minimum atomic E-state index is -3.30. The van der Waals surface area contributed by atoms with Crippen LogP contribution in [0.5, 0.6) is 0 Å². The summed E-state index contributed by atoms with van der Waals surface area (Å²) >= 11 is 0. The summed E-state index contributed by atoms with van der Waals surface area (Å²) in [5, 5.41) is 0. The Morgan fingerprint density at radius 2 is 1.72 bits per heavy atom. The summed E-state index contributed by atoms with van der Waals surface area (Å²) in [6.07, 6.45) is 2.97. The van der Waals surface area contributed by atoms with Gasteiger partial charge in [-0.2, -0.15) is 0 Å². The van der Waals surface area contributed by atoms with E-state index in [0.29, 0.717) is 17.7 Å². The SMILES string of the molecule is NC1CCC(N)(CS(=O)(=O)c2ccccc2)CC1. The fourth-order valence-electron chi connectivity index (χ4n) is 2.45. The molecule has 5 heteroatoms. The Morgan fingerprint density at radius 3 is 2.28 bits per heavy atom. The molecule has 0 radical (unpaired) electrons. The van der Waals surface area contributed by atoms with Crippen molar-refractivity contribution in [3.63, 3.8) is 0 Å². The van der Waals surface area contributed by atoms with Gasteiger partial charge < -0.3 is 11.5 Å². The quantitative estimate of drug-likeness (QED) is 0.858. The predicted octanol–water partition coefficient (Wildman–Crippen LogP) is 1.06. The highest BCUT2D eigenvalue weighted by Gasteiger charge is 2.35. The van der Waals surface area contributed by atoms with Crippen molar-refractivity contribution in [2.45, 2.75) is 42.2 Å². The van der Waals surface area contributed by atoms with E-state index in [-0.39, 0.29) is 11.8 Å². The second-order valence-electron chi connectivity index (χ2n) is 5.27. The van der Waals surface area contributed by atoms with Gasteiger partial charge in [-0.3, -0.25) is 0 Å². The third kappa shape index (κ3) is 3.10. The van der Waals surface area contributed by atoms with Gasteiger partial charge in [-0.15, -0.1) is 0 Å². The molecule has 1 fully saturated rings. The minimum Gasteiger partial charge on any atom is -0.328 e. The lowest BCUT2D eigenvalue weighted by atomic mass is 9.82. The van der Waals surface area contributed by atoms with E-state index < -0.39 is 15.4 Å². The number of hydrogen-bond donors (Lipinski definition) is 2. The lowest BCUT2D eigenvalue weighted by Gasteiger charge is -2.35. The Balaban J connectivity index is 2.14. The van der Waals surface area contributed by atoms with Gasteiger partial charge in [0.15, 0.2) is 9.84 Å². The number of rotatable bonds is 3. The number of nitrogens with two attached hydrogens (primary N) is 2. The van der Waals surface area contributed by atoms with Crippen molar-refractivity contribution in [2.75, 3.05) is 5.75 Å². The molecule has 1 aromatic rings. The predicted molar refractivity (Wildman–Crippen MR) is 71.9 cm³/mol. The van der Waals surface area contributed by atoms with E-state index in [1.807, 2.05) is 0 Å². The third-order valence-electron chi connectivity index (χ3n) is 3.61. The van der Waals surface area contributed by atoms with Gasteiger partial charge in [0.1, 0.15) is 0 Å². The Bertz CT molecular complexity index is 491. The Hall–Kier alpha value is -0.910. The van der Waals surface area contributed by atoms with Crippen LogP contribution in [-0.2, 0) is 9.84 Å². The summed E-state index contributed by atoms with van der Waals surface area (Å²) < 4.78 is 24.6. The largest absolute Gasteiger partial charge is 0.328 e. The highest BCUT2D eigenvalue weighted by atomic mass is 32.2. The van der Waals surface area contributed by atoms with Crippen molar-refractivity contribution in [3.05, 3.63) is 30.3 Å². The normalized spacial score (nSPS) is 29.1. The Labute approximate surface area is 108 Å². The molecule has 0 unspecified atom stereocenters. The van der Waals surface area contributed by atoms with Gasteiger partial charge in [0.2, 0.25) is 0 Å². The van der Waals surface area contributed by atoms with Crippen molar-refractivity contribution in [1.29, 1.82) is 0 Å². The van der Waals surface area contributed by atoms with Crippen LogP contribution in [0.4, 0.5) is 0 Å². The molecule has 1 aliphatic rings. The van der Waals surface area contributed by atoms with Gasteiger partial charge in [0.25, 0.3) is 0 Å². The van der Waals surface area contributed by atoms with Crippen molar-refractivity contribution in [1.82, 2.24) is 0 Å². The summed E-state index contributed by atoms with van der Waals surface area (Å²) in [6.45, 7) is 0. The van der Waals surface area contributed by atoms with E-state index >= 15 is 0 Å². The summed E-state index contributed by atoms with van der Waals surface area (Å²) in [5.41, 5.74) is 11.4. The Kier molecular flexibility index (Phi) is 3.75. The highest BCUT2D eigenvalue weighted by molar-refractivity contribution is 7.91. The van der Waals surface area contributed by atoms with E-state index in [1.165, 1.54) is 0 Å². The van der Waals surface area contributed by atoms with Crippen molar-refractivity contribution in [2.24, 2.45) is 11.5 Å². The molecule has 2 rings (SSSR count). The fraction of sp³-hybridized carbons (Fsp3) is 0.538. The van der Waals surface area contributed by atoms with Crippen LogP contribution in [0.2, 0.25) is 0 Å². The van der Waals surface area contributed by atoms with Gasteiger partial charge in [0, 0.05) is 11.6 Å². The van der Waals surface area contributed by atoms with Gasteiger partial charge in [-0.25, -0.2) is 8.42 Å². The van der Waals surface area contributed by atoms with Crippen LogP contribution in [-0.4, -0.2) is 25.8 Å². The van der Waals surface area contributed by atoms with Gasteiger partial charge in [0.05, 0.1) is 10.6 Å². The van der Waals surface area contributed by atoms with E-state index in [1.54, 1.807) is 30.3 Å². The van der Waals surface area contributed by atoms with Gasteiger partial charge in [-0.05, 0) is 37.8 Å². The molecule has 0 bridgehead atoms. The smallest absolute Gasteiger partial charge is 0.180 e. The topological polar surface area (TPSA) is 86.2 Å². The van der Waals surface area contributed by atoms with E-state index in [9.17, 15) is 8.42 Å². The molecule has 0 aromatic heterocycles. The molecule has 0 saturated heterocycles. The van der Waals surface area contributed by atoms with Crippen LogP contribution in [0, 0.1) is 0 Å². The number of hydrogen-bond acceptors (Lipinski definition) is 4. The average molecular weight is 268 g/mol. The molecule has 4 nitrogen and oxygen atoms in total. The third-order valence-corrected chi connectivity index (χ3v) is 5.55. The monoisotopic (exact) mass is 268 g/mol. The standard InChI is InChI=1S/C13H20N2O2S/c14-11-6-8-13(15,9-7-11)10-18(16,17)12-4-2-1-3-5-12/h1-5,11H,6-10,14-15H2. The first-order chi connectivity index (χ1) is 8.41. The molecule has 1 aromatic carbocycles. The van der Waals surface area contributed by atoms with Crippen LogP contribution < -0.4 is 11.5 Å². The summed E-state index contributed by atoms with van der Waals surface area (Å²) in [7, 11) is -3.30. The van der Waals surface area contributed by atoms with Crippen molar-refractivity contribution >= 4 is 9.84 Å². The van der Waals surface area contributed by atoms with Gasteiger partial charge in [-0.1, -0.05) is 18.2 Å². The molecular weight excluding hydrogens is 248 g/mol. The first kappa shape index (κ1) is 13.5. The van der Waals surface area contributed by atoms with E-state index in [2.05, 4.69) is 0 Å². The average Bonchev–Trinajstić information content (AvgIpc) is 2.34. The zero-order chi connectivity index (χ0) is 13.2. The zero-order valence-electron chi connectivity index (χ0n) is 10.4. The fourth-order valence-corrected chi connectivity index (χ4v) is 4.23. The highest BCUT2D eigenvalue weighted by Crippen LogP contribution is 2.28. The molecule has 1 aliphatic carbocycles. The second kappa shape index (κ2) is 4.99. The number of sulfone groups is 1. The maximum absolute atomic E-state index is 12.3. The summed E-state index contributed by atoms with van der Waals surface area (Å²) in [4.78, 5) is 0.352. The molecule has 4 N–H and O–H groups in total. The molecule has 0 spiro atoms. The maximum Gasteiger partial charge on any atom is 0.180 e. The van der Waals surface area contributed by atoms with Crippen LogP contribution in [0.3, 0.4) is 0 Å².